The summed E-state index contributed by atoms with van der Waals surface area (Å²) < 4.78 is 4.86. The number of nitrogens with zero attached hydrogens (tertiary/aromatic N) is 2. The second-order valence-electron chi connectivity index (χ2n) is 7.10. The van der Waals surface area contributed by atoms with Crippen LogP contribution in [0.5, 0.6) is 0 Å². The molecule has 6 nitrogen and oxygen atoms in total. The second-order valence-corrected chi connectivity index (χ2v) is 7.10. The van der Waals surface area contributed by atoms with E-state index >= 15 is 0 Å². The lowest BCUT2D eigenvalue weighted by Gasteiger charge is -2.33. The summed E-state index contributed by atoms with van der Waals surface area (Å²) in [5, 5.41) is 3.38. The average Bonchev–Trinajstić information content (AvgIpc) is 3.11. The van der Waals surface area contributed by atoms with E-state index in [0.29, 0.717) is 12.5 Å². The third-order valence-corrected chi connectivity index (χ3v) is 5.70. The Labute approximate surface area is 150 Å². The van der Waals surface area contributed by atoms with Gasteiger partial charge in [0.1, 0.15) is 0 Å². The van der Waals surface area contributed by atoms with E-state index in [9.17, 15) is 9.59 Å². The van der Waals surface area contributed by atoms with E-state index in [1.54, 1.807) is 0 Å². The van der Waals surface area contributed by atoms with Gasteiger partial charge < -0.3 is 15.0 Å². The van der Waals surface area contributed by atoms with Gasteiger partial charge in [-0.1, -0.05) is 6.42 Å². The molecule has 0 bridgehead atoms. The second kappa shape index (κ2) is 9.02. The number of carbonyl (C=O) groups excluding carboxylic acids is 2. The molecule has 0 aromatic rings. The predicted molar refractivity (Wildman–Crippen MR) is 94.1 cm³/mol. The van der Waals surface area contributed by atoms with Crippen LogP contribution in [0.2, 0.25) is 0 Å². The van der Waals surface area contributed by atoms with Crippen LogP contribution >= 0.6 is 12.4 Å². The minimum absolute atomic E-state index is 0. The van der Waals surface area contributed by atoms with Crippen LogP contribution < -0.4 is 5.32 Å². The quantitative estimate of drug-likeness (QED) is 0.758. The Balaban J connectivity index is 0.00000208. The monoisotopic (exact) mass is 359 g/mol. The molecule has 3 aliphatic rings. The van der Waals surface area contributed by atoms with Crippen molar-refractivity contribution in [3.8, 4) is 0 Å². The summed E-state index contributed by atoms with van der Waals surface area (Å²) in [7, 11) is 1.44. The zero-order valence-electron chi connectivity index (χ0n) is 14.5. The maximum Gasteiger partial charge on any atom is 0.308 e. The molecule has 1 aliphatic carbocycles. The van der Waals surface area contributed by atoms with Crippen LogP contribution in [-0.2, 0) is 14.3 Å². The summed E-state index contributed by atoms with van der Waals surface area (Å²) in [5.41, 5.74) is 0. The molecule has 24 heavy (non-hydrogen) atoms. The number of carbonyl (C=O) groups is 2. The number of nitrogens with one attached hydrogen (secondary N) is 1. The van der Waals surface area contributed by atoms with Gasteiger partial charge in [-0.3, -0.25) is 14.5 Å². The fourth-order valence-electron chi connectivity index (χ4n) is 4.34. The molecule has 0 aromatic carbocycles. The van der Waals surface area contributed by atoms with Gasteiger partial charge in [-0.2, -0.15) is 0 Å². The molecule has 3 unspecified atom stereocenters. The maximum absolute atomic E-state index is 12.8. The summed E-state index contributed by atoms with van der Waals surface area (Å²) in [6.07, 6.45) is 4.48. The summed E-state index contributed by atoms with van der Waals surface area (Å²) in [5.74, 6) is 0.0303. The van der Waals surface area contributed by atoms with E-state index in [0.717, 1.165) is 65.0 Å². The third kappa shape index (κ3) is 4.41. The molecule has 3 rings (SSSR count). The first-order chi connectivity index (χ1) is 11.2. The maximum atomic E-state index is 12.8. The Morgan fingerprint density at radius 1 is 1.04 bits per heavy atom. The van der Waals surface area contributed by atoms with Crippen molar-refractivity contribution >= 4 is 24.3 Å². The molecule has 1 saturated carbocycles. The molecule has 0 radical (unpaired) electrons. The highest BCUT2D eigenvalue weighted by atomic mass is 35.5. The summed E-state index contributed by atoms with van der Waals surface area (Å²) in [4.78, 5) is 29.1. The van der Waals surface area contributed by atoms with Crippen molar-refractivity contribution in [2.45, 2.75) is 38.1 Å². The predicted octanol–water partition coefficient (Wildman–Crippen LogP) is 0.894. The van der Waals surface area contributed by atoms with Crippen LogP contribution in [0.15, 0.2) is 0 Å². The van der Waals surface area contributed by atoms with Crippen LogP contribution in [-0.4, -0.2) is 74.1 Å². The normalized spacial score (nSPS) is 31.4. The van der Waals surface area contributed by atoms with Crippen LogP contribution in [0.3, 0.4) is 0 Å². The Morgan fingerprint density at radius 2 is 1.75 bits per heavy atom. The zero-order valence-corrected chi connectivity index (χ0v) is 15.4. The number of methoxy groups -OCH3 is 1. The molecule has 1 N–H and O–H groups in total. The van der Waals surface area contributed by atoms with Gasteiger partial charge in [0.05, 0.1) is 13.0 Å². The topological polar surface area (TPSA) is 61.9 Å². The lowest BCUT2D eigenvalue weighted by atomic mass is 9.80. The number of hydrogen-bond donors (Lipinski definition) is 1. The summed E-state index contributed by atoms with van der Waals surface area (Å²) in [6.45, 7) is 5.99. The number of halogens is 1. The minimum atomic E-state index is -0.150. The number of amides is 1. The largest absolute Gasteiger partial charge is 0.469 e. The molecule has 2 aliphatic heterocycles. The van der Waals surface area contributed by atoms with Crippen molar-refractivity contribution in [3.63, 3.8) is 0 Å². The van der Waals surface area contributed by atoms with Crippen molar-refractivity contribution in [1.29, 1.82) is 0 Å². The smallest absolute Gasteiger partial charge is 0.308 e. The van der Waals surface area contributed by atoms with Gasteiger partial charge in [0.2, 0.25) is 5.91 Å². The molecule has 2 heterocycles. The third-order valence-electron chi connectivity index (χ3n) is 5.70. The molecule has 2 saturated heterocycles. The van der Waals surface area contributed by atoms with Gasteiger partial charge in [0, 0.05) is 51.2 Å². The Morgan fingerprint density at radius 3 is 2.46 bits per heavy atom. The first kappa shape index (κ1) is 19.5. The number of rotatable bonds is 3. The Bertz CT molecular complexity index is 443. The highest BCUT2D eigenvalue weighted by Gasteiger charge is 2.37. The van der Waals surface area contributed by atoms with E-state index < -0.39 is 0 Å². The molecule has 138 valence electrons. The fourth-order valence-corrected chi connectivity index (χ4v) is 4.34. The van der Waals surface area contributed by atoms with Crippen LogP contribution in [0.4, 0.5) is 0 Å². The minimum Gasteiger partial charge on any atom is -0.469 e. The van der Waals surface area contributed by atoms with Crippen molar-refractivity contribution in [3.05, 3.63) is 0 Å². The summed E-state index contributed by atoms with van der Waals surface area (Å²) in [6, 6.07) is 0.515. The zero-order chi connectivity index (χ0) is 16.2. The number of hydrogen-bond acceptors (Lipinski definition) is 5. The van der Waals surface area contributed by atoms with Gasteiger partial charge in [-0.15, -0.1) is 12.4 Å². The van der Waals surface area contributed by atoms with Crippen molar-refractivity contribution in [1.82, 2.24) is 15.1 Å². The summed E-state index contributed by atoms with van der Waals surface area (Å²) >= 11 is 0. The number of ether oxygens (including phenoxy) is 1. The van der Waals surface area contributed by atoms with Gasteiger partial charge in [-0.05, 0) is 25.7 Å². The van der Waals surface area contributed by atoms with Crippen LogP contribution in [0.25, 0.3) is 0 Å². The van der Waals surface area contributed by atoms with E-state index in [1.807, 2.05) is 4.90 Å². The fraction of sp³-hybridized carbons (Fsp3) is 0.882. The Hall–Kier alpha value is -0.850. The molecular weight excluding hydrogens is 330 g/mol. The van der Waals surface area contributed by atoms with Crippen molar-refractivity contribution in [2.24, 2.45) is 11.8 Å². The van der Waals surface area contributed by atoms with Crippen molar-refractivity contribution in [2.75, 3.05) is 46.4 Å². The standard InChI is InChI=1S/C17H29N3O3.ClH/c1-23-17(22)14-4-2-3-13(11-14)16(21)20-8-5-15(12-20)19-9-6-18-7-10-19;/h13-15,18H,2-12H2,1H3;1H. The molecule has 0 spiro atoms. The van der Waals surface area contributed by atoms with E-state index in [2.05, 4.69) is 10.2 Å². The lowest BCUT2D eigenvalue weighted by molar-refractivity contribution is -0.148. The number of piperazine rings is 1. The highest BCUT2D eigenvalue weighted by molar-refractivity contribution is 5.85. The lowest BCUT2D eigenvalue weighted by Crippen LogP contribution is -2.49. The van der Waals surface area contributed by atoms with E-state index in [-0.39, 0.29) is 36.1 Å². The first-order valence-corrected chi connectivity index (χ1v) is 9.00. The van der Waals surface area contributed by atoms with Gasteiger partial charge in [0.25, 0.3) is 0 Å². The van der Waals surface area contributed by atoms with E-state index in [4.69, 9.17) is 4.74 Å². The highest BCUT2D eigenvalue weighted by Crippen LogP contribution is 2.32. The van der Waals surface area contributed by atoms with Gasteiger partial charge in [0.15, 0.2) is 0 Å². The van der Waals surface area contributed by atoms with Gasteiger partial charge >= 0.3 is 5.97 Å². The first-order valence-electron chi connectivity index (χ1n) is 9.00. The average molecular weight is 360 g/mol. The number of esters is 1. The van der Waals surface area contributed by atoms with Crippen molar-refractivity contribution < 1.29 is 14.3 Å². The van der Waals surface area contributed by atoms with Gasteiger partial charge in [-0.25, -0.2) is 0 Å². The Kier molecular flexibility index (Phi) is 7.32. The molecule has 7 heteroatoms. The number of likely N-dealkylation sites (tertiary alicyclic amines) is 1. The molecule has 0 aromatic heterocycles. The van der Waals surface area contributed by atoms with Crippen LogP contribution in [0.1, 0.15) is 32.1 Å². The SMILES string of the molecule is COC(=O)C1CCCC(C(=O)N2CCC(N3CCNCC3)C2)C1.Cl. The van der Waals surface area contributed by atoms with Crippen LogP contribution in [0, 0.1) is 11.8 Å². The van der Waals surface area contributed by atoms with E-state index in [1.165, 1.54) is 7.11 Å². The molecule has 3 fully saturated rings. The molecular formula is C17H30ClN3O3. The molecule has 3 atom stereocenters. The molecule has 1 amide bonds.